The van der Waals surface area contributed by atoms with Crippen molar-refractivity contribution in [2.24, 2.45) is 0 Å². The van der Waals surface area contributed by atoms with Crippen molar-refractivity contribution in [3.63, 3.8) is 0 Å². The number of carbonyl (C=O) groups excluding carboxylic acids is 1. The molecule has 0 unspecified atom stereocenters. The van der Waals surface area contributed by atoms with Gasteiger partial charge in [-0.25, -0.2) is 22.9 Å². The second-order valence-electron chi connectivity index (χ2n) is 7.15. The van der Waals surface area contributed by atoms with E-state index in [1.807, 2.05) is 0 Å². The maximum absolute atomic E-state index is 13.7. The summed E-state index contributed by atoms with van der Waals surface area (Å²) in [4.78, 5) is 16.6. The molecular weight excluding hydrogens is 529 g/mol. The van der Waals surface area contributed by atoms with Gasteiger partial charge in [-0.3, -0.25) is 0 Å². The molecule has 0 spiro atoms. The number of halogens is 4. The number of aromatic nitrogens is 4. The second-order valence-corrected chi connectivity index (χ2v) is 10.3. The molecule has 35 heavy (non-hydrogen) atoms. The highest BCUT2D eigenvalue weighted by molar-refractivity contribution is 7.90. The Kier molecular flexibility index (Phi) is 6.42. The number of para-hydroxylation sites is 1. The zero-order chi connectivity index (χ0) is 25.5. The average Bonchev–Trinajstić information content (AvgIpc) is 3.42. The zero-order valence-corrected chi connectivity index (χ0v) is 20.3. The monoisotopic (exact) mass is 542 g/mol. The van der Waals surface area contributed by atoms with Gasteiger partial charge in [0.05, 0.1) is 23.3 Å². The summed E-state index contributed by atoms with van der Waals surface area (Å²) in [5.41, 5.74) is -1.55. The zero-order valence-electron chi connectivity index (χ0n) is 17.9. The first kappa shape index (κ1) is 24.8. The van der Waals surface area contributed by atoms with Crippen LogP contribution in [0.25, 0.3) is 27.8 Å². The largest absolute Gasteiger partial charge is 0.464 e. The Morgan fingerprint density at radius 2 is 1.86 bits per heavy atom. The van der Waals surface area contributed by atoms with Crippen molar-refractivity contribution in [3.8, 4) is 27.8 Å². The van der Waals surface area contributed by atoms with Crippen molar-refractivity contribution in [1.29, 1.82) is 0 Å². The minimum Gasteiger partial charge on any atom is -0.464 e. The summed E-state index contributed by atoms with van der Waals surface area (Å²) in [6.07, 6.45) is -3.67. The summed E-state index contributed by atoms with van der Waals surface area (Å²) in [5, 5.41) is 3.77. The van der Waals surface area contributed by atoms with Gasteiger partial charge in [0.2, 0.25) is 0 Å². The van der Waals surface area contributed by atoms with Crippen molar-refractivity contribution in [2.75, 3.05) is 13.4 Å². The molecule has 182 valence electrons. The first-order valence-electron chi connectivity index (χ1n) is 9.60. The number of benzene rings is 2. The smallest absolute Gasteiger partial charge is 0.418 e. The maximum Gasteiger partial charge on any atom is 0.418 e. The van der Waals surface area contributed by atoms with Crippen LogP contribution in [0.5, 0.6) is 0 Å². The van der Waals surface area contributed by atoms with Gasteiger partial charge in [0.1, 0.15) is 10.7 Å². The number of hydrogen-bond acceptors (Lipinski definition) is 8. The molecule has 0 fully saturated rings. The Morgan fingerprint density at radius 1 is 1.14 bits per heavy atom. The molecule has 14 heteroatoms. The van der Waals surface area contributed by atoms with Crippen molar-refractivity contribution in [1.82, 2.24) is 19.1 Å². The lowest BCUT2D eigenvalue weighted by atomic mass is 10.1. The van der Waals surface area contributed by atoms with Crippen LogP contribution in [0.15, 0.2) is 53.4 Å². The molecule has 0 saturated carbocycles. The van der Waals surface area contributed by atoms with Crippen molar-refractivity contribution in [3.05, 3.63) is 64.8 Å². The summed E-state index contributed by atoms with van der Waals surface area (Å²) in [5.74, 6) is -0.840. The van der Waals surface area contributed by atoms with Crippen LogP contribution in [0.4, 0.5) is 13.2 Å². The predicted molar refractivity (Wildman–Crippen MR) is 122 cm³/mol. The Bertz CT molecular complexity index is 1550. The minimum atomic E-state index is -4.73. The van der Waals surface area contributed by atoms with E-state index in [0.717, 1.165) is 35.6 Å². The SMILES string of the molecule is COC(=O)c1nn(-c2ccccc2C(F)(F)F)c(-c2nc(-c3cccc(S(C)(=O)=O)c3)ns2)c1Cl. The van der Waals surface area contributed by atoms with E-state index in [-0.39, 0.29) is 32.1 Å². The average molecular weight is 543 g/mol. The first-order chi connectivity index (χ1) is 16.4. The van der Waals surface area contributed by atoms with Crippen molar-refractivity contribution >= 4 is 38.9 Å². The Morgan fingerprint density at radius 3 is 2.51 bits per heavy atom. The molecule has 8 nitrogen and oxygen atoms in total. The molecular formula is C21H14ClF3N4O4S2. The number of esters is 1. The predicted octanol–water partition coefficient (Wildman–Crippen LogP) is 4.92. The molecule has 0 aliphatic heterocycles. The summed E-state index contributed by atoms with van der Waals surface area (Å²) < 4.78 is 74.7. The van der Waals surface area contributed by atoms with Crippen LogP contribution >= 0.6 is 23.1 Å². The van der Waals surface area contributed by atoms with Crippen molar-refractivity contribution in [2.45, 2.75) is 11.1 Å². The van der Waals surface area contributed by atoms with Gasteiger partial charge in [0.15, 0.2) is 26.4 Å². The second kappa shape index (κ2) is 9.06. The van der Waals surface area contributed by atoms with Crippen LogP contribution in [0.3, 0.4) is 0 Å². The third kappa shape index (κ3) is 4.79. The third-order valence-corrected chi connectivity index (χ3v) is 6.98. The first-order valence-corrected chi connectivity index (χ1v) is 12.6. The van der Waals surface area contributed by atoms with Gasteiger partial charge < -0.3 is 4.74 Å². The van der Waals surface area contributed by atoms with E-state index >= 15 is 0 Å². The Labute approximate surface area is 206 Å². The van der Waals surface area contributed by atoms with Gasteiger partial charge in [-0.1, -0.05) is 35.9 Å². The maximum atomic E-state index is 13.7. The summed E-state index contributed by atoms with van der Waals surface area (Å²) >= 11 is 7.18. The number of hydrogen-bond donors (Lipinski definition) is 0. The molecule has 2 aromatic heterocycles. The van der Waals surface area contributed by atoms with E-state index in [1.165, 1.54) is 36.4 Å². The fraction of sp³-hybridized carbons (Fsp3) is 0.143. The van der Waals surface area contributed by atoms with Gasteiger partial charge >= 0.3 is 12.1 Å². The van der Waals surface area contributed by atoms with E-state index < -0.39 is 33.2 Å². The van der Waals surface area contributed by atoms with Crippen LogP contribution in [0.1, 0.15) is 16.1 Å². The number of rotatable bonds is 5. The lowest BCUT2D eigenvalue weighted by Crippen LogP contribution is -2.12. The number of carbonyl (C=O) groups is 1. The Balaban J connectivity index is 1.92. The summed E-state index contributed by atoms with van der Waals surface area (Å²) in [7, 11) is -2.42. The highest BCUT2D eigenvalue weighted by Gasteiger charge is 2.36. The van der Waals surface area contributed by atoms with Crippen LogP contribution < -0.4 is 0 Å². The molecule has 0 bridgehead atoms. The number of sulfone groups is 1. The molecule has 0 aliphatic rings. The molecule has 2 aromatic carbocycles. The normalized spacial score (nSPS) is 12.1. The number of alkyl halides is 3. The van der Waals surface area contributed by atoms with Crippen LogP contribution in [0, 0.1) is 0 Å². The molecule has 0 atom stereocenters. The highest BCUT2D eigenvalue weighted by Crippen LogP contribution is 2.39. The molecule has 2 heterocycles. The number of nitrogens with zero attached hydrogens (tertiary/aromatic N) is 4. The molecule has 0 amide bonds. The van der Waals surface area contributed by atoms with Gasteiger partial charge in [-0.2, -0.15) is 22.6 Å². The van der Waals surface area contributed by atoms with E-state index in [9.17, 15) is 26.4 Å². The standard InChI is InChI=1S/C21H14ClF3N4O4S2/c1-33-20(30)16-15(22)17(29(27-16)14-9-4-3-8-13(14)21(23,24)25)19-26-18(28-34-19)11-6-5-7-12(10-11)35(2,31)32/h3-10H,1-2H3. The molecule has 0 N–H and O–H groups in total. The van der Waals surface area contributed by atoms with Gasteiger partial charge in [-0.05, 0) is 35.8 Å². The minimum absolute atomic E-state index is 0.0431. The molecule has 0 radical (unpaired) electrons. The Hall–Kier alpha value is -3.29. The van der Waals surface area contributed by atoms with E-state index in [1.54, 1.807) is 6.07 Å². The van der Waals surface area contributed by atoms with E-state index in [4.69, 9.17) is 11.6 Å². The summed E-state index contributed by atoms with van der Waals surface area (Å²) in [6, 6.07) is 10.5. The van der Waals surface area contributed by atoms with Crippen LogP contribution in [-0.2, 0) is 20.8 Å². The quantitative estimate of drug-likeness (QED) is 0.330. The fourth-order valence-electron chi connectivity index (χ4n) is 3.19. The molecule has 4 aromatic rings. The summed E-state index contributed by atoms with van der Waals surface area (Å²) in [6.45, 7) is 0. The number of ether oxygens (including phenoxy) is 1. The van der Waals surface area contributed by atoms with Gasteiger partial charge in [-0.15, -0.1) is 0 Å². The highest BCUT2D eigenvalue weighted by atomic mass is 35.5. The van der Waals surface area contributed by atoms with Crippen LogP contribution in [0.2, 0.25) is 5.02 Å². The van der Waals surface area contributed by atoms with Gasteiger partial charge in [0, 0.05) is 11.8 Å². The van der Waals surface area contributed by atoms with Gasteiger partial charge in [0.25, 0.3) is 0 Å². The molecule has 0 saturated heterocycles. The fourth-order valence-corrected chi connectivity index (χ4v) is 4.91. The third-order valence-electron chi connectivity index (χ3n) is 4.79. The topological polar surface area (TPSA) is 104 Å². The lowest BCUT2D eigenvalue weighted by molar-refractivity contribution is -0.137. The molecule has 0 aliphatic carbocycles. The number of methoxy groups -OCH3 is 1. The van der Waals surface area contributed by atoms with Crippen LogP contribution in [-0.4, -0.2) is 46.9 Å². The van der Waals surface area contributed by atoms with E-state index in [0.29, 0.717) is 5.56 Å². The lowest BCUT2D eigenvalue weighted by Gasteiger charge is -2.14. The van der Waals surface area contributed by atoms with Crippen molar-refractivity contribution < 1.29 is 31.1 Å². The molecule has 4 rings (SSSR count). The van der Waals surface area contributed by atoms with E-state index in [2.05, 4.69) is 19.2 Å².